The molecule has 2 heterocycles. The molecule has 0 saturated carbocycles. The Morgan fingerprint density at radius 2 is 2.00 bits per heavy atom. The van der Waals surface area contributed by atoms with Gasteiger partial charge in [0.05, 0.1) is 0 Å². The van der Waals surface area contributed by atoms with Gasteiger partial charge in [-0.05, 0) is 28.5 Å². The van der Waals surface area contributed by atoms with E-state index in [9.17, 15) is 0 Å². The maximum absolute atomic E-state index is 5.68. The molecule has 0 radical (unpaired) electrons. The van der Waals surface area contributed by atoms with E-state index in [1.807, 2.05) is 6.21 Å². The van der Waals surface area contributed by atoms with Crippen LogP contribution in [0.15, 0.2) is 40.2 Å². The SMILES string of the molecule is NC1N=CC(CCN2Cc3ccccc3C2)=CS1. The van der Waals surface area contributed by atoms with E-state index < -0.39 is 0 Å². The quantitative estimate of drug-likeness (QED) is 0.906. The number of nitrogens with zero attached hydrogens (tertiary/aromatic N) is 2. The van der Waals surface area contributed by atoms with Crippen molar-refractivity contribution in [3.8, 4) is 0 Å². The highest BCUT2D eigenvalue weighted by Gasteiger charge is 2.18. The minimum atomic E-state index is -0.107. The fourth-order valence-electron chi connectivity index (χ4n) is 2.36. The largest absolute Gasteiger partial charge is 0.301 e. The molecule has 1 aromatic carbocycles. The first-order chi connectivity index (χ1) is 8.81. The summed E-state index contributed by atoms with van der Waals surface area (Å²) in [5.41, 5.74) is 9.81. The zero-order valence-electron chi connectivity index (χ0n) is 10.2. The Morgan fingerprint density at radius 3 is 2.61 bits per heavy atom. The lowest BCUT2D eigenvalue weighted by Gasteiger charge is -2.16. The Balaban J connectivity index is 1.53. The van der Waals surface area contributed by atoms with Gasteiger partial charge in [-0.1, -0.05) is 36.0 Å². The molecular weight excluding hydrogens is 242 g/mol. The van der Waals surface area contributed by atoms with Crippen LogP contribution in [-0.2, 0) is 13.1 Å². The van der Waals surface area contributed by atoms with Crippen molar-refractivity contribution in [2.45, 2.75) is 25.0 Å². The smallest absolute Gasteiger partial charge is 0.148 e. The number of rotatable bonds is 3. The molecule has 0 saturated heterocycles. The molecule has 0 bridgehead atoms. The van der Waals surface area contributed by atoms with Crippen LogP contribution in [-0.4, -0.2) is 23.2 Å². The van der Waals surface area contributed by atoms with Gasteiger partial charge in [0.15, 0.2) is 0 Å². The Bertz CT molecular complexity index is 471. The first-order valence-electron chi connectivity index (χ1n) is 6.24. The van der Waals surface area contributed by atoms with Crippen LogP contribution in [0.4, 0.5) is 0 Å². The lowest BCUT2D eigenvalue weighted by Crippen LogP contribution is -2.19. The average molecular weight is 259 g/mol. The van der Waals surface area contributed by atoms with Crippen LogP contribution >= 0.6 is 11.8 Å². The van der Waals surface area contributed by atoms with Crippen molar-refractivity contribution < 1.29 is 0 Å². The summed E-state index contributed by atoms with van der Waals surface area (Å²) in [6.07, 6.45) is 2.97. The predicted octanol–water partition coefficient (Wildman–Crippen LogP) is 2.34. The molecule has 0 fully saturated rings. The summed E-state index contributed by atoms with van der Waals surface area (Å²) in [7, 11) is 0. The molecule has 94 valence electrons. The minimum Gasteiger partial charge on any atom is -0.301 e. The van der Waals surface area contributed by atoms with Gasteiger partial charge in [0.2, 0.25) is 0 Å². The summed E-state index contributed by atoms with van der Waals surface area (Å²) in [5.74, 6) is 0. The molecule has 0 aromatic heterocycles. The van der Waals surface area contributed by atoms with Crippen molar-refractivity contribution in [3.05, 3.63) is 46.4 Å². The van der Waals surface area contributed by atoms with Crippen molar-refractivity contribution in [1.82, 2.24) is 4.90 Å². The van der Waals surface area contributed by atoms with Crippen LogP contribution in [0.25, 0.3) is 0 Å². The van der Waals surface area contributed by atoms with E-state index in [-0.39, 0.29) is 5.50 Å². The summed E-state index contributed by atoms with van der Waals surface area (Å²) in [5, 5.41) is 2.14. The van der Waals surface area contributed by atoms with Gasteiger partial charge < -0.3 is 5.73 Å². The second-order valence-corrected chi connectivity index (χ2v) is 5.72. The van der Waals surface area contributed by atoms with Gasteiger partial charge >= 0.3 is 0 Å². The van der Waals surface area contributed by atoms with E-state index in [2.05, 4.69) is 39.6 Å². The Hall–Kier alpha value is -1.10. The van der Waals surface area contributed by atoms with Gasteiger partial charge in [-0.25, -0.2) is 0 Å². The Kier molecular flexibility index (Phi) is 3.50. The molecule has 3 nitrogen and oxygen atoms in total. The van der Waals surface area contributed by atoms with Crippen molar-refractivity contribution in [3.63, 3.8) is 0 Å². The third kappa shape index (κ3) is 2.66. The maximum atomic E-state index is 5.68. The number of hydrogen-bond acceptors (Lipinski definition) is 4. The number of aliphatic imine (C=N–C) groups is 1. The highest BCUT2D eigenvalue weighted by molar-refractivity contribution is 8.02. The molecule has 18 heavy (non-hydrogen) atoms. The summed E-state index contributed by atoms with van der Waals surface area (Å²) < 4.78 is 0. The van der Waals surface area contributed by atoms with Gasteiger partial charge in [0, 0.05) is 25.8 Å². The molecular formula is C14H17N3S. The molecule has 1 unspecified atom stereocenters. The molecule has 2 aliphatic heterocycles. The zero-order chi connectivity index (χ0) is 12.4. The van der Waals surface area contributed by atoms with E-state index in [0.29, 0.717) is 0 Å². The molecule has 0 spiro atoms. The van der Waals surface area contributed by atoms with E-state index in [4.69, 9.17) is 5.73 Å². The van der Waals surface area contributed by atoms with Crippen LogP contribution < -0.4 is 5.73 Å². The monoisotopic (exact) mass is 259 g/mol. The average Bonchev–Trinajstić information content (AvgIpc) is 2.81. The molecule has 1 aromatic rings. The predicted molar refractivity (Wildman–Crippen MR) is 77.3 cm³/mol. The van der Waals surface area contributed by atoms with Crippen LogP contribution in [0.3, 0.4) is 0 Å². The second kappa shape index (κ2) is 5.26. The minimum absolute atomic E-state index is 0.107. The van der Waals surface area contributed by atoms with Gasteiger partial charge in [-0.15, -0.1) is 0 Å². The summed E-state index contributed by atoms with van der Waals surface area (Å²) in [4.78, 5) is 6.71. The lowest BCUT2D eigenvalue weighted by molar-refractivity contribution is 0.289. The lowest BCUT2D eigenvalue weighted by atomic mass is 10.1. The summed E-state index contributed by atoms with van der Waals surface area (Å²) in [6.45, 7) is 3.24. The fraction of sp³-hybridized carbons (Fsp3) is 0.357. The third-order valence-corrected chi connectivity index (χ3v) is 4.21. The van der Waals surface area contributed by atoms with Crippen molar-refractivity contribution in [2.75, 3.05) is 6.54 Å². The number of nitrogens with two attached hydrogens (primary N) is 1. The standard InChI is InChI=1S/C14H17N3S/c15-14-16-7-11(10-18-14)5-6-17-8-12-3-1-2-4-13(12)9-17/h1-4,7,10,14H,5-6,8-9,15H2. The van der Waals surface area contributed by atoms with Crippen LogP contribution in [0.5, 0.6) is 0 Å². The van der Waals surface area contributed by atoms with Gasteiger partial charge in [0.25, 0.3) is 0 Å². The number of benzene rings is 1. The summed E-state index contributed by atoms with van der Waals surface area (Å²) in [6, 6.07) is 8.70. The Labute approximate surface area is 112 Å². The number of fused-ring (bicyclic) bond motifs is 1. The van der Waals surface area contributed by atoms with E-state index >= 15 is 0 Å². The first-order valence-corrected chi connectivity index (χ1v) is 7.18. The van der Waals surface area contributed by atoms with Gasteiger partial charge in [-0.2, -0.15) is 0 Å². The van der Waals surface area contributed by atoms with Crippen LogP contribution in [0.2, 0.25) is 0 Å². The first kappa shape index (κ1) is 12.0. The highest BCUT2D eigenvalue weighted by atomic mass is 32.2. The van der Waals surface area contributed by atoms with Crippen LogP contribution in [0.1, 0.15) is 17.5 Å². The topological polar surface area (TPSA) is 41.6 Å². The Morgan fingerprint density at radius 1 is 1.28 bits per heavy atom. The summed E-state index contributed by atoms with van der Waals surface area (Å²) >= 11 is 1.60. The molecule has 1 atom stereocenters. The zero-order valence-corrected chi connectivity index (χ0v) is 11.1. The molecule has 2 aliphatic rings. The second-order valence-electron chi connectivity index (χ2n) is 4.73. The fourth-order valence-corrected chi connectivity index (χ4v) is 2.99. The molecule has 0 aliphatic carbocycles. The highest BCUT2D eigenvalue weighted by Crippen LogP contribution is 2.24. The van der Waals surface area contributed by atoms with Gasteiger partial charge in [0.1, 0.15) is 5.50 Å². The molecule has 2 N–H and O–H groups in total. The number of hydrogen-bond donors (Lipinski definition) is 1. The molecule has 0 amide bonds. The van der Waals surface area contributed by atoms with Crippen molar-refractivity contribution in [1.29, 1.82) is 0 Å². The van der Waals surface area contributed by atoms with Crippen molar-refractivity contribution >= 4 is 18.0 Å². The molecule has 3 rings (SSSR count). The number of thioether (sulfide) groups is 1. The van der Waals surface area contributed by atoms with E-state index in [1.54, 1.807) is 11.8 Å². The normalized spacial score (nSPS) is 22.9. The maximum Gasteiger partial charge on any atom is 0.148 e. The van der Waals surface area contributed by atoms with Crippen LogP contribution in [0, 0.1) is 0 Å². The third-order valence-electron chi connectivity index (χ3n) is 3.37. The van der Waals surface area contributed by atoms with E-state index in [0.717, 1.165) is 26.1 Å². The van der Waals surface area contributed by atoms with E-state index in [1.165, 1.54) is 16.7 Å². The van der Waals surface area contributed by atoms with Gasteiger partial charge in [-0.3, -0.25) is 9.89 Å². The molecule has 4 heteroatoms. The van der Waals surface area contributed by atoms with Crippen molar-refractivity contribution in [2.24, 2.45) is 10.7 Å².